The molecule has 0 unspecified atom stereocenters. The first-order valence-corrected chi connectivity index (χ1v) is 6.37. The average molecular weight is 223 g/mol. The lowest BCUT2D eigenvalue weighted by Crippen LogP contribution is -2.23. The molecule has 1 fully saturated rings. The Bertz CT molecular complexity index is 310. The molecule has 82 valence electrons. The summed E-state index contributed by atoms with van der Waals surface area (Å²) in [5, 5.41) is 3.50. The molecule has 1 aromatic carbocycles. The average Bonchev–Trinajstić information content (AvgIpc) is 2.79. The zero-order valence-corrected chi connectivity index (χ0v) is 9.85. The van der Waals surface area contributed by atoms with Gasteiger partial charge in [0.15, 0.2) is 0 Å². The molecule has 1 saturated heterocycles. The van der Waals surface area contributed by atoms with Crippen LogP contribution in [0.1, 0.15) is 12.8 Å². The molecule has 0 radical (unpaired) electrons. The predicted octanol–water partition coefficient (Wildman–Crippen LogP) is 2.54. The second-order valence-electron chi connectivity index (χ2n) is 3.78. The van der Waals surface area contributed by atoms with E-state index in [1.807, 2.05) is 23.9 Å². The van der Waals surface area contributed by atoms with E-state index in [0.717, 1.165) is 11.5 Å². The molecule has 2 rings (SSSR count). The molecule has 0 aliphatic carbocycles. The Morgan fingerprint density at radius 2 is 2.47 bits per heavy atom. The second kappa shape index (κ2) is 5.42. The normalized spacial score (nSPS) is 20.5. The molecule has 1 aliphatic heterocycles. The van der Waals surface area contributed by atoms with Crippen LogP contribution in [0.15, 0.2) is 29.2 Å². The quantitative estimate of drug-likeness (QED) is 0.793. The highest BCUT2D eigenvalue weighted by Gasteiger charge is 2.13. The standard InChI is InChI=1S/C12H17NOS/c1-14-11-5-2-6-12(8-11)15-9-10-4-3-7-13-10/h2,5-6,8,10,13H,3-4,7,9H2,1H3/t10-/m1/s1. The van der Waals surface area contributed by atoms with Crippen molar-refractivity contribution in [3.8, 4) is 5.75 Å². The van der Waals surface area contributed by atoms with Crippen molar-refractivity contribution in [2.75, 3.05) is 19.4 Å². The number of methoxy groups -OCH3 is 1. The molecule has 1 heterocycles. The third kappa shape index (κ3) is 3.14. The second-order valence-corrected chi connectivity index (χ2v) is 4.88. The molecule has 1 aliphatic rings. The lowest BCUT2D eigenvalue weighted by molar-refractivity contribution is 0.413. The van der Waals surface area contributed by atoms with Crippen LogP contribution in [0.3, 0.4) is 0 Å². The van der Waals surface area contributed by atoms with Gasteiger partial charge in [0.05, 0.1) is 7.11 Å². The predicted molar refractivity (Wildman–Crippen MR) is 64.7 cm³/mol. The van der Waals surface area contributed by atoms with Gasteiger partial charge in [-0.3, -0.25) is 0 Å². The Hall–Kier alpha value is -0.670. The molecule has 15 heavy (non-hydrogen) atoms. The van der Waals surface area contributed by atoms with Crippen molar-refractivity contribution in [3.63, 3.8) is 0 Å². The van der Waals surface area contributed by atoms with Crippen molar-refractivity contribution >= 4 is 11.8 Å². The van der Waals surface area contributed by atoms with Gasteiger partial charge in [-0.15, -0.1) is 11.8 Å². The number of thioether (sulfide) groups is 1. The SMILES string of the molecule is COc1cccc(SC[C@H]2CCCN2)c1. The van der Waals surface area contributed by atoms with Gasteiger partial charge < -0.3 is 10.1 Å². The third-order valence-corrected chi connectivity index (χ3v) is 3.81. The van der Waals surface area contributed by atoms with Gasteiger partial charge in [-0.1, -0.05) is 6.07 Å². The van der Waals surface area contributed by atoms with E-state index in [0.29, 0.717) is 6.04 Å². The largest absolute Gasteiger partial charge is 0.497 e. The van der Waals surface area contributed by atoms with Gasteiger partial charge >= 0.3 is 0 Å². The number of rotatable bonds is 4. The van der Waals surface area contributed by atoms with Crippen LogP contribution in [0.25, 0.3) is 0 Å². The first-order valence-electron chi connectivity index (χ1n) is 5.39. The van der Waals surface area contributed by atoms with Gasteiger partial charge in [0, 0.05) is 16.7 Å². The first kappa shape index (κ1) is 10.8. The maximum absolute atomic E-state index is 5.20. The number of ether oxygens (including phenoxy) is 1. The summed E-state index contributed by atoms with van der Waals surface area (Å²) < 4.78 is 5.20. The lowest BCUT2D eigenvalue weighted by Gasteiger charge is -2.09. The van der Waals surface area contributed by atoms with Gasteiger partial charge in [0.2, 0.25) is 0 Å². The summed E-state index contributed by atoms with van der Waals surface area (Å²) >= 11 is 1.90. The van der Waals surface area contributed by atoms with Crippen molar-refractivity contribution in [2.45, 2.75) is 23.8 Å². The van der Waals surface area contributed by atoms with Gasteiger partial charge in [0.1, 0.15) is 5.75 Å². The third-order valence-electron chi connectivity index (χ3n) is 2.65. The molecule has 0 saturated carbocycles. The molecule has 0 aromatic heterocycles. The molecule has 0 amide bonds. The summed E-state index contributed by atoms with van der Waals surface area (Å²) in [5.41, 5.74) is 0. The topological polar surface area (TPSA) is 21.3 Å². The minimum absolute atomic E-state index is 0.696. The monoisotopic (exact) mass is 223 g/mol. The van der Waals surface area contributed by atoms with E-state index in [1.165, 1.54) is 24.3 Å². The van der Waals surface area contributed by atoms with Crippen LogP contribution in [-0.2, 0) is 0 Å². The molecular weight excluding hydrogens is 206 g/mol. The van der Waals surface area contributed by atoms with Crippen LogP contribution in [0.5, 0.6) is 5.75 Å². The van der Waals surface area contributed by atoms with Gasteiger partial charge in [-0.25, -0.2) is 0 Å². The fourth-order valence-corrected chi connectivity index (χ4v) is 2.84. The van der Waals surface area contributed by atoms with E-state index >= 15 is 0 Å². The highest BCUT2D eigenvalue weighted by molar-refractivity contribution is 7.99. The van der Waals surface area contributed by atoms with E-state index in [4.69, 9.17) is 4.74 Å². The summed E-state index contributed by atoms with van der Waals surface area (Å²) in [6.45, 7) is 1.18. The minimum atomic E-state index is 0.696. The van der Waals surface area contributed by atoms with Crippen molar-refractivity contribution in [1.29, 1.82) is 0 Å². The summed E-state index contributed by atoms with van der Waals surface area (Å²) in [5.74, 6) is 2.10. The fraction of sp³-hybridized carbons (Fsp3) is 0.500. The number of nitrogens with one attached hydrogen (secondary N) is 1. The Morgan fingerprint density at radius 3 is 3.20 bits per heavy atom. The Labute approximate surface area is 95.4 Å². The van der Waals surface area contributed by atoms with E-state index in [9.17, 15) is 0 Å². The van der Waals surface area contributed by atoms with Crippen LogP contribution in [0.4, 0.5) is 0 Å². The van der Waals surface area contributed by atoms with Gasteiger partial charge in [0.25, 0.3) is 0 Å². The van der Waals surface area contributed by atoms with Crippen molar-refractivity contribution in [3.05, 3.63) is 24.3 Å². The van der Waals surface area contributed by atoms with Crippen molar-refractivity contribution in [1.82, 2.24) is 5.32 Å². The van der Waals surface area contributed by atoms with Crippen LogP contribution < -0.4 is 10.1 Å². The molecule has 2 nitrogen and oxygen atoms in total. The lowest BCUT2D eigenvalue weighted by atomic mass is 10.3. The summed E-state index contributed by atoms with van der Waals surface area (Å²) in [6.07, 6.45) is 2.64. The molecular formula is C12H17NOS. The van der Waals surface area contributed by atoms with Crippen LogP contribution in [0, 0.1) is 0 Å². The summed E-state index contributed by atoms with van der Waals surface area (Å²) in [4.78, 5) is 1.29. The van der Waals surface area contributed by atoms with Crippen molar-refractivity contribution in [2.24, 2.45) is 0 Å². The number of hydrogen-bond donors (Lipinski definition) is 1. The van der Waals surface area contributed by atoms with Crippen LogP contribution >= 0.6 is 11.8 Å². The van der Waals surface area contributed by atoms with E-state index < -0.39 is 0 Å². The zero-order chi connectivity index (χ0) is 10.5. The van der Waals surface area contributed by atoms with Gasteiger partial charge in [-0.2, -0.15) is 0 Å². The number of benzene rings is 1. The highest BCUT2D eigenvalue weighted by Crippen LogP contribution is 2.24. The smallest absolute Gasteiger partial charge is 0.119 e. The molecule has 3 heteroatoms. The Balaban J connectivity index is 1.86. The molecule has 0 spiro atoms. The zero-order valence-electron chi connectivity index (χ0n) is 9.03. The molecule has 1 atom stereocenters. The van der Waals surface area contributed by atoms with Crippen LogP contribution in [0.2, 0.25) is 0 Å². The van der Waals surface area contributed by atoms with Crippen molar-refractivity contribution < 1.29 is 4.74 Å². The molecule has 0 bridgehead atoms. The maximum atomic E-state index is 5.20. The Kier molecular flexibility index (Phi) is 3.92. The molecule has 1 aromatic rings. The van der Waals surface area contributed by atoms with Gasteiger partial charge in [-0.05, 0) is 37.6 Å². The van der Waals surface area contributed by atoms with E-state index in [2.05, 4.69) is 17.4 Å². The van der Waals surface area contributed by atoms with Crippen LogP contribution in [-0.4, -0.2) is 25.4 Å². The summed E-state index contributed by atoms with van der Waals surface area (Å²) in [7, 11) is 1.71. The molecule has 1 N–H and O–H groups in total. The van der Waals surface area contributed by atoms with E-state index in [1.54, 1.807) is 7.11 Å². The highest BCUT2D eigenvalue weighted by atomic mass is 32.2. The first-order chi connectivity index (χ1) is 7.38. The Morgan fingerprint density at radius 1 is 1.53 bits per heavy atom. The fourth-order valence-electron chi connectivity index (χ4n) is 1.79. The summed E-state index contributed by atoms with van der Waals surface area (Å²) in [6, 6.07) is 8.96. The maximum Gasteiger partial charge on any atom is 0.119 e. The minimum Gasteiger partial charge on any atom is -0.497 e. The van der Waals surface area contributed by atoms with E-state index in [-0.39, 0.29) is 0 Å². The number of hydrogen-bond acceptors (Lipinski definition) is 3.